The van der Waals surface area contributed by atoms with Crippen LogP contribution < -0.4 is 9.88 Å². The molecule has 0 aromatic carbocycles. The maximum absolute atomic E-state index is 11.9. The van der Waals surface area contributed by atoms with E-state index in [2.05, 4.69) is 12.2 Å². The first-order valence-electron chi connectivity index (χ1n) is 15.4. The highest BCUT2D eigenvalue weighted by molar-refractivity contribution is 5.67. The minimum Gasteiger partial charge on any atom is -0.440 e. The lowest BCUT2D eigenvalue weighted by Crippen LogP contribution is -2.36. The lowest BCUT2D eigenvalue weighted by atomic mass is 10.0. The number of pyridine rings is 1. The van der Waals surface area contributed by atoms with E-state index in [0.29, 0.717) is 13.2 Å². The molecular weight excluding hydrogens is 496 g/mol. The molecule has 8 nitrogen and oxygen atoms in total. The molecule has 224 valence electrons. The Kier molecular flexibility index (Phi) is 23.0. The van der Waals surface area contributed by atoms with Gasteiger partial charge in [0, 0.05) is 25.8 Å². The Bertz CT molecular complexity index is 704. The molecule has 1 atom stereocenters. The fraction of sp³-hybridized carbons (Fsp3) is 0.774. The number of ether oxygens (including phenoxy) is 4. The molecule has 1 heterocycles. The van der Waals surface area contributed by atoms with Gasteiger partial charge in [-0.05, 0) is 6.42 Å². The van der Waals surface area contributed by atoms with Crippen LogP contribution in [-0.2, 0) is 25.5 Å². The Balaban J connectivity index is 1.99. The van der Waals surface area contributed by atoms with Crippen LogP contribution in [0.5, 0.6) is 0 Å². The zero-order valence-corrected chi connectivity index (χ0v) is 24.7. The number of carbonyl (C=O) groups excluding carboxylic acids is 2. The summed E-state index contributed by atoms with van der Waals surface area (Å²) in [4.78, 5) is 23.5. The first-order valence-corrected chi connectivity index (χ1v) is 15.4. The van der Waals surface area contributed by atoms with E-state index in [4.69, 9.17) is 18.9 Å². The van der Waals surface area contributed by atoms with Gasteiger partial charge in [-0.2, -0.15) is 0 Å². The predicted octanol–water partition coefficient (Wildman–Crippen LogP) is 7.13. The van der Waals surface area contributed by atoms with Crippen molar-refractivity contribution in [2.45, 2.75) is 122 Å². The van der Waals surface area contributed by atoms with Crippen molar-refractivity contribution in [3.8, 4) is 0 Å². The average Bonchev–Trinajstić information content (AvgIpc) is 2.95. The molecule has 1 rings (SSSR count). The van der Waals surface area contributed by atoms with Crippen LogP contribution >= 0.6 is 0 Å². The number of hydrogen-bond donors (Lipinski definition) is 1. The van der Waals surface area contributed by atoms with Crippen LogP contribution in [0.3, 0.4) is 0 Å². The maximum Gasteiger partial charge on any atom is 0.508 e. The summed E-state index contributed by atoms with van der Waals surface area (Å²) in [5, 5.41) is 2.40. The molecule has 0 radical (unpaired) electrons. The largest absolute Gasteiger partial charge is 0.508 e. The third-order valence-corrected chi connectivity index (χ3v) is 6.66. The summed E-state index contributed by atoms with van der Waals surface area (Å²) in [6.07, 6.45) is 22.9. The third kappa shape index (κ3) is 22.2. The van der Waals surface area contributed by atoms with E-state index < -0.39 is 18.4 Å². The molecule has 8 heteroatoms. The fourth-order valence-electron chi connectivity index (χ4n) is 4.31. The average molecular weight is 552 g/mol. The molecule has 0 fully saturated rings. The number of rotatable bonds is 25. The molecule has 1 N–H and O–H groups in total. The number of carbonyl (C=O) groups is 2. The summed E-state index contributed by atoms with van der Waals surface area (Å²) in [6, 6.07) is 5.72. The van der Waals surface area contributed by atoms with E-state index in [1.165, 1.54) is 96.9 Å². The molecule has 0 saturated heterocycles. The third-order valence-electron chi connectivity index (χ3n) is 6.66. The van der Waals surface area contributed by atoms with Gasteiger partial charge in [-0.25, -0.2) is 14.2 Å². The van der Waals surface area contributed by atoms with Gasteiger partial charge in [0.15, 0.2) is 31.6 Å². The maximum atomic E-state index is 11.9. The predicted molar refractivity (Wildman–Crippen MR) is 154 cm³/mol. The molecule has 0 aliphatic rings. The molecule has 1 amide bonds. The molecule has 0 aliphatic carbocycles. The van der Waals surface area contributed by atoms with Crippen molar-refractivity contribution in [1.29, 1.82) is 0 Å². The molecule has 0 spiro atoms. The quantitative estimate of drug-likeness (QED) is 0.0790. The van der Waals surface area contributed by atoms with Gasteiger partial charge >= 0.3 is 12.2 Å². The first-order chi connectivity index (χ1) is 19.2. The van der Waals surface area contributed by atoms with Crippen molar-refractivity contribution < 1.29 is 33.1 Å². The fourth-order valence-corrected chi connectivity index (χ4v) is 4.31. The topological polar surface area (TPSA) is 87.0 Å². The van der Waals surface area contributed by atoms with Crippen molar-refractivity contribution in [2.24, 2.45) is 0 Å². The number of nitrogens with zero attached hydrogens (tertiary/aromatic N) is 1. The highest BCUT2D eigenvalue weighted by Gasteiger charge is 2.17. The zero-order chi connectivity index (χ0) is 28.2. The molecule has 0 aliphatic heterocycles. The van der Waals surface area contributed by atoms with E-state index in [0.717, 1.165) is 12.8 Å². The zero-order valence-electron chi connectivity index (χ0n) is 24.7. The van der Waals surface area contributed by atoms with E-state index in [9.17, 15) is 9.59 Å². The first kappa shape index (κ1) is 34.7. The van der Waals surface area contributed by atoms with Crippen molar-refractivity contribution in [1.82, 2.24) is 5.32 Å². The molecule has 1 aromatic heterocycles. The highest BCUT2D eigenvalue weighted by atomic mass is 16.7. The Hall–Kier alpha value is -2.35. The number of amides is 1. The monoisotopic (exact) mass is 551 g/mol. The van der Waals surface area contributed by atoms with Gasteiger partial charge < -0.3 is 24.3 Å². The number of hydrogen-bond acceptors (Lipinski definition) is 6. The molecule has 0 saturated carbocycles. The molecular formula is C31H55N2O6+. The lowest BCUT2D eigenvalue weighted by molar-refractivity contribution is -0.698. The molecule has 0 unspecified atom stereocenters. The van der Waals surface area contributed by atoms with Crippen LogP contribution in [0, 0.1) is 0 Å². The molecule has 1 aromatic rings. The Morgan fingerprint density at radius 3 is 1.77 bits per heavy atom. The minimum absolute atomic E-state index is 0.121. The van der Waals surface area contributed by atoms with Gasteiger partial charge in [0.05, 0.1) is 6.61 Å². The standard InChI is InChI=1S/C31H54N2O6/c1-3-4-5-6-7-8-9-10-11-12-13-14-15-16-17-21-25-36-27-29(39-30(34)32-2)28-38-31(35)37-26-24-33-22-19-18-20-23-33/h18-20,22-23,29H,3-17,21,24-28H2,1-2H3/p+1/t29-/m0/s1. The van der Waals surface area contributed by atoms with Crippen LogP contribution in [0.25, 0.3) is 0 Å². The van der Waals surface area contributed by atoms with Crippen molar-refractivity contribution in [3.63, 3.8) is 0 Å². The summed E-state index contributed by atoms with van der Waals surface area (Å²) < 4.78 is 23.0. The number of unbranched alkanes of at least 4 members (excludes halogenated alkanes) is 15. The van der Waals surface area contributed by atoms with Gasteiger partial charge in [-0.3, -0.25) is 0 Å². The van der Waals surface area contributed by atoms with Gasteiger partial charge in [0.2, 0.25) is 0 Å². The SMILES string of the molecule is CCCCCCCCCCCCCCCCCCOC[C@@H](COC(=O)OCC[n+]1ccccc1)OC(=O)NC. The number of alkyl carbamates (subject to hydrolysis) is 1. The minimum atomic E-state index is -0.796. The summed E-state index contributed by atoms with van der Waals surface area (Å²) in [5.74, 6) is 0. The van der Waals surface area contributed by atoms with Gasteiger partial charge in [-0.1, -0.05) is 109 Å². The van der Waals surface area contributed by atoms with Crippen LogP contribution in [0.2, 0.25) is 0 Å². The van der Waals surface area contributed by atoms with Crippen molar-refractivity contribution in [3.05, 3.63) is 30.6 Å². The van der Waals surface area contributed by atoms with E-state index >= 15 is 0 Å². The normalized spacial score (nSPS) is 11.6. The van der Waals surface area contributed by atoms with Crippen molar-refractivity contribution >= 4 is 12.2 Å². The summed E-state index contributed by atoms with van der Waals surface area (Å²) >= 11 is 0. The summed E-state index contributed by atoms with van der Waals surface area (Å²) in [6.45, 7) is 3.61. The summed E-state index contributed by atoms with van der Waals surface area (Å²) in [5.41, 5.74) is 0. The number of aromatic nitrogens is 1. The van der Waals surface area contributed by atoms with Gasteiger partial charge in [0.1, 0.15) is 6.61 Å². The highest BCUT2D eigenvalue weighted by Crippen LogP contribution is 2.13. The smallest absolute Gasteiger partial charge is 0.440 e. The summed E-state index contributed by atoms with van der Waals surface area (Å²) in [7, 11) is 1.48. The lowest BCUT2D eigenvalue weighted by Gasteiger charge is -2.17. The second-order valence-corrected chi connectivity index (χ2v) is 10.2. The van der Waals surface area contributed by atoms with Crippen LogP contribution in [-0.4, -0.2) is 51.8 Å². The molecule has 0 bridgehead atoms. The second kappa shape index (κ2) is 25.9. The number of nitrogens with one attached hydrogen (secondary N) is 1. The Morgan fingerprint density at radius 2 is 1.23 bits per heavy atom. The van der Waals surface area contributed by atoms with E-state index in [-0.39, 0.29) is 19.8 Å². The van der Waals surface area contributed by atoms with Crippen LogP contribution in [0.1, 0.15) is 110 Å². The van der Waals surface area contributed by atoms with Gasteiger partial charge in [0.25, 0.3) is 0 Å². The van der Waals surface area contributed by atoms with Crippen molar-refractivity contribution in [2.75, 3.05) is 33.5 Å². The van der Waals surface area contributed by atoms with E-state index in [1.54, 1.807) is 0 Å². The molecule has 39 heavy (non-hydrogen) atoms. The van der Waals surface area contributed by atoms with Crippen LogP contribution in [0.15, 0.2) is 30.6 Å². The Morgan fingerprint density at radius 1 is 0.692 bits per heavy atom. The van der Waals surface area contributed by atoms with Gasteiger partial charge in [-0.15, -0.1) is 0 Å². The second-order valence-electron chi connectivity index (χ2n) is 10.2. The van der Waals surface area contributed by atoms with Crippen LogP contribution in [0.4, 0.5) is 9.59 Å². The van der Waals surface area contributed by atoms with E-state index in [1.807, 2.05) is 35.2 Å². The Labute approximate surface area is 237 Å².